The third kappa shape index (κ3) is 1.78. The number of rotatable bonds is 0. The Morgan fingerprint density at radius 2 is 2.05 bits per heavy atom. The second kappa shape index (κ2) is 3.76. The maximum absolute atomic E-state index is 12.7. The van der Waals surface area contributed by atoms with E-state index in [1.165, 1.54) is 6.07 Å². The topological polar surface area (TPSA) is 34.0 Å². The summed E-state index contributed by atoms with van der Waals surface area (Å²) in [6, 6.07) is 5.11. The van der Waals surface area contributed by atoms with Crippen molar-refractivity contribution in [3.63, 3.8) is 0 Å². The summed E-state index contributed by atoms with van der Waals surface area (Å²) in [5.41, 5.74) is 0.166. The van der Waals surface area contributed by atoms with Crippen LogP contribution in [0.4, 0.5) is 13.2 Å². The minimum atomic E-state index is -4.38. The van der Waals surface area contributed by atoms with Gasteiger partial charge in [-0.2, -0.15) is 13.2 Å². The van der Waals surface area contributed by atoms with Gasteiger partial charge in [0.1, 0.15) is 5.69 Å². The third-order valence-corrected chi connectivity index (χ3v) is 3.40. The molecule has 2 heterocycles. The summed E-state index contributed by atoms with van der Waals surface area (Å²) in [4.78, 5) is 11.7. The molecular formula is C13H11F3N2O. The van der Waals surface area contributed by atoms with Gasteiger partial charge >= 0.3 is 6.18 Å². The Morgan fingerprint density at radius 3 is 2.74 bits per heavy atom. The summed E-state index contributed by atoms with van der Waals surface area (Å²) in [6.45, 7) is 2.29. The van der Waals surface area contributed by atoms with Gasteiger partial charge in [-0.15, -0.1) is 0 Å². The molecule has 6 heteroatoms. The number of benzene rings is 1. The molecule has 3 rings (SSSR count). The fourth-order valence-corrected chi connectivity index (χ4v) is 2.47. The first-order chi connectivity index (χ1) is 8.88. The van der Waals surface area contributed by atoms with E-state index in [2.05, 4.69) is 5.32 Å². The molecule has 1 aliphatic rings. The average Bonchev–Trinajstić information content (AvgIpc) is 2.72. The zero-order chi connectivity index (χ0) is 13.8. The fraction of sp³-hybridized carbons (Fsp3) is 0.308. The van der Waals surface area contributed by atoms with Gasteiger partial charge in [0.15, 0.2) is 0 Å². The molecule has 0 spiro atoms. The Morgan fingerprint density at radius 1 is 1.32 bits per heavy atom. The van der Waals surface area contributed by atoms with Crippen LogP contribution in [0.5, 0.6) is 0 Å². The predicted octanol–water partition coefficient (Wildman–Crippen LogP) is 2.96. The number of hydrogen-bond acceptors (Lipinski definition) is 1. The van der Waals surface area contributed by atoms with Crippen molar-refractivity contribution < 1.29 is 18.0 Å². The van der Waals surface area contributed by atoms with Gasteiger partial charge in [-0.05, 0) is 25.1 Å². The van der Waals surface area contributed by atoms with E-state index in [4.69, 9.17) is 0 Å². The maximum atomic E-state index is 12.7. The lowest BCUT2D eigenvalue weighted by atomic mass is 10.1. The van der Waals surface area contributed by atoms with Crippen LogP contribution in [0.15, 0.2) is 24.3 Å². The number of carbonyl (C=O) groups is 1. The van der Waals surface area contributed by atoms with Crippen LogP contribution < -0.4 is 5.32 Å². The van der Waals surface area contributed by atoms with Crippen LogP contribution in [0, 0.1) is 0 Å². The van der Waals surface area contributed by atoms with Gasteiger partial charge in [0.2, 0.25) is 0 Å². The molecular weight excluding hydrogens is 257 g/mol. The molecule has 0 saturated carbocycles. The minimum Gasteiger partial charge on any atom is -0.349 e. The number of amides is 1. The first-order valence-electron chi connectivity index (χ1n) is 5.88. The van der Waals surface area contributed by atoms with Crippen molar-refractivity contribution in [3.05, 3.63) is 35.5 Å². The highest BCUT2D eigenvalue weighted by atomic mass is 19.4. The summed E-state index contributed by atoms with van der Waals surface area (Å²) in [7, 11) is 0. The molecule has 0 unspecified atom stereocenters. The molecule has 19 heavy (non-hydrogen) atoms. The Balaban J connectivity index is 2.28. The second-order valence-electron chi connectivity index (χ2n) is 4.73. The highest BCUT2D eigenvalue weighted by Crippen LogP contribution is 2.34. The number of fused-ring (bicyclic) bond motifs is 3. The average molecular weight is 268 g/mol. The van der Waals surface area contributed by atoms with Crippen LogP contribution in [0.25, 0.3) is 10.9 Å². The maximum Gasteiger partial charge on any atom is 0.416 e. The Bertz CT molecular complexity index is 672. The van der Waals surface area contributed by atoms with Gasteiger partial charge < -0.3 is 9.88 Å². The predicted molar refractivity (Wildman–Crippen MR) is 64.0 cm³/mol. The minimum absolute atomic E-state index is 0.0614. The van der Waals surface area contributed by atoms with Crippen LogP contribution in [0.2, 0.25) is 0 Å². The number of alkyl halides is 3. The highest BCUT2D eigenvalue weighted by molar-refractivity contribution is 5.99. The van der Waals surface area contributed by atoms with E-state index >= 15 is 0 Å². The normalized spacial score (nSPS) is 19.4. The zero-order valence-corrected chi connectivity index (χ0v) is 10.1. The summed E-state index contributed by atoms with van der Waals surface area (Å²) in [5, 5.41) is 3.36. The fourth-order valence-electron chi connectivity index (χ4n) is 2.47. The van der Waals surface area contributed by atoms with E-state index in [-0.39, 0.29) is 11.9 Å². The molecule has 2 aromatic rings. The van der Waals surface area contributed by atoms with Gasteiger partial charge in [-0.1, -0.05) is 6.07 Å². The van der Waals surface area contributed by atoms with Gasteiger partial charge in [-0.25, -0.2) is 0 Å². The number of halogens is 3. The van der Waals surface area contributed by atoms with E-state index in [9.17, 15) is 18.0 Å². The zero-order valence-electron chi connectivity index (χ0n) is 10.1. The van der Waals surface area contributed by atoms with E-state index in [0.717, 1.165) is 12.1 Å². The molecule has 1 atom stereocenters. The summed E-state index contributed by atoms with van der Waals surface area (Å²) >= 11 is 0. The van der Waals surface area contributed by atoms with Crippen LogP contribution >= 0.6 is 0 Å². The van der Waals surface area contributed by atoms with Gasteiger partial charge in [0.05, 0.1) is 5.56 Å². The van der Waals surface area contributed by atoms with Gasteiger partial charge in [-0.3, -0.25) is 4.79 Å². The number of hydrogen-bond donors (Lipinski definition) is 1. The quantitative estimate of drug-likeness (QED) is 0.783. The summed E-state index contributed by atoms with van der Waals surface area (Å²) < 4.78 is 39.9. The summed E-state index contributed by atoms with van der Waals surface area (Å²) in [5.74, 6) is -0.247. The molecule has 1 amide bonds. The smallest absolute Gasteiger partial charge is 0.349 e. The van der Waals surface area contributed by atoms with E-state index in [1.54, 1.807) is 10.6 Å². The van der Waals surface area contributed by atoms with Crippen molar-refractivity contribution in [1.29, 1.82) is 0 Å². The number of nitrogens with one attached hydrogen (secondary N) is 1. The number of nitrogens with zero attached hydrogens (tertiary/aromatic N) is 1. The lowest BCUT2D eigenvalue weighted by Gasteiger charge is -2.24. The van der Waals surface area contributed by atoms with Crippen molar-refractivity contribution in [2.24, 2.45) is 0 Å². The first kappa shape index (κ1) is 12.1. The molecule has 0 saturated heterocycles. The number of aromatic nitrogens is 1. The van der Waals surface area contributed by atoms with Gasteiger partial charge in [0, 0.05) is 23.5 Å². The Hall–Kier alpha value is -1.98. The Labute approximate surface area is 107 Å². The lowest BCUT2D eigenvalue weighted by molar-refractivity contribution is -0.137. The van der Waals surface area contributed by atoms with Crippen LogP contribution in [-0.4, -0.2) is 17.0 Å². The molecule has 1 N–H and O–H groups in total. The van der Waals surface area contributed by atoms with Gasteiger partial charge in [0.25, 0.3) is 5.91 Å². The monoisotopic (exact) mass is 268 g/mol. The molecule has 3 nitrogen and oxygen atoms in total. The molecule has 1 aromatic carbocycles. The number of carbonyl (C=O) groups excluding carboxylic acids is 1. The van der Waals surface area contributed by atoms with Crippen LogP contribution in [-0.2, 0) is 6.18 Å². The SMILES string of the molecule is C[C@@H]1CNC(=O)c2cc3ccc(C(F)(F)F)cc3n21. The Kier molecular flexibility index (Phi) is 2.39. The molecule has 0 radical (unpaired) electrons. The second-order valence-corrected chi connectivity index (χ2v) is 4.73. The molecule has 0 aliphatic carbocycles. The van der Waals surface area contributed by atoms with Crippen LogP contribution in [0.3, 0.4) is 0 Å². The van der Waals surface area contributed by atoms with E-state index in [1.807, 2.05) is 6.92 Å². The van der Waals surface area contributed by atoms with Crippen molar-refractivity contribution >= 4 is 16.8 Å². The van der Waals surface area contributed by atoms with Crippen molar-refractivity contribution in [2.75, 3.05) is 6.54 Å². The first-order valence-corrected chi connectivity index (χ1v) is 5.88. The van der Waals surface area contributed by atoms with E-state index in [0.29, 0.717) is 23.1 Å². The van der Waals surface area contributed by atoms with Crippen molar-refractivity contribution in [1.82, 2.24) is 9.88 Å². The lowest BCUT2D eigenvalue weighted by Crippen LogP contribution is -2.37. The third-order valence-electron chi connectivity index (χ3n) is 3.40. The molecule has 0 bridgehead atoms. The molecule has 1 aliphatic heterocycles. The molecule has 0 fully saturated rings. The molecule has 1 aromatic heterocycles. The van der Waals surface area contributed by atoms with E-state index < -0.39 is 11.7 Å². The van der Waals surface area contributed by atoms with Crippen molar-refractivity contribution in [2.45, 2.75) is 19.1 Å². The summed E-state index contributed by atoms with van der Waals surface area (Å²) in [6.07, 6.45) is -4.38. The molecule has 100 valence electrons. The van der Waals surface area contributed by atoms with Crippen LogP contribution in [0.1, 0.15) is 29.0 Å². The highest BCUT2D eigenvalue weighted by Gasteiger charge is 2.32. The largest absolute Gasteiger partial charge is 0.416 e. The van der Waals surface area contributed by atoms with Crippen molar-refractivity contribution in [3.8, 4) is 0 Å². The standard InChI is InChI=1S/C13H11F3N2O/c1-7-6-17-12(19)11-4-8-2-3-9(13(14,15)16)5-10(8)18(7)11/h2-5,7H,6H2,1H3,(H,17,19)/t7-/m1/s1.